The Bertz CT molecular complexity index is 1580. The fraction of sp³-hybridized carbons (Fsp3) is 0.240. The molecule has 5 heterocycles. The summed E-state index contributed by atoms with van der Waals surface area (Å²) in [5.74, 6) is -0.744. The molecular formula is C25H20N4O5S. The van der Waals surface area contributed by atoms with Crippen LogP contribution in [0.3, 0.4) is 0 Å². The maximum absolute atomic E-state index is 13.4. The Labute approximate surface area is 203 Å². The summed E-state index contributed by atoms with van der Waals surface area (Å²) in [4.78, 5) is 40.3. The molecule has 0 saturated carbocycles. The van der Waals surface area contributed by atoms with Crippen molar-refractivity contribution in [2.24, 2.45) is 5.16 Å². The van der Waals surface area contributed by atoms with Crippen molar-refractivity contribution in [3.63, 3.8) is 0 Å². The first kappa shape index (κ1) is 21.6. The highest BCUT2D eigenvalue weighted by Crippen LogP contribution is 2.39. The number of rotatable bonds is 5. The fourth-order valence-corrected chi connectivity index (χ4v) is 5.25. The zero-order valence-electron chi connectivity index (χ0n) is 18.7. The van der Waals surface area contributed by atoms with E-state index in [-0.39, 0.29) is 42.9 Å². The van der Waals surface area contributed by atoms with Gasteiger partial charge in [0.15, 0.2) is 12.2 Å². The van der Waals surface area contributed by atoms with Crippen LogP contribution in [0.4, 0.5) is 0 Å². The quantitative estimate of drug-likeness (QED) is 0.230. The van der Waals surface area contributed by atoms with E-state index >= 15 is 0 Å². The molecule has 9 nitrogen and oxygen atoms in total. The number of para-hydroxylation sites is 1. The number of pyridine rings is 2. The third kappa shape index (κ3) is 3.28. The Kier molecular flexibility index (Phi) is 5.01. The number of carbonyl (C=O) groups is 1. The molecule has 4 aromatic rings. The smallest absolute Gasteiger partial charge is 0.343 e. The van der Waals surface area contributed by atoms with Crippen molar-refractivity contribution in [3.05, 3.63) is 79.5 Å². The van der Waals surface area contributed by atoms with E-state index in [9.17, 15) is 14.7 Å². The standard InChI is InChI=1S/C25H20N4O5S/c1-2-25(32)19-7-21-22-17(9-29(21)23(30)18(19)11-33-24(25)31)16(15-5-3-4-6-20(15)28-22)8-27-34-10-14-12-35-13-26-14/h3-8,12-13,32H,2,9-11H2,1H3/t25-/m0/s1. The van der Waals surface area contributed by atoms with Crippen molar-refractivity contribution in [1.82, 2.24) is 14.5 Å². The second kappa shape index (κ2) is 8.10. The average Bonchev–Trinajstić information content (AvgIpc) is 3.52. The van der Waals surface area contributed by atoms with Crippen molar-refractivity contribution in [3.8, 4) is 11.4 Å². The van der Waals surface area contributed by atoms with Gasteiger partial charge in [-0.15, -0.1) is 11.3 Å². The number of aromatic nitrogens is 3. The van der Waals surface area contributed by atoms with Crippen LogP contribution in [0, 0.1) is 0 Å². The van der Waals surface area contributed by atoms with E-state index in [1.165, 1.54) is 11.3 Å². The Balaban J connectivity index is 1.50. The third-order valence-corrected chi connectivity index (χ3v) is 7.23. The van der Waals surface area contributed by atoms with E-state index in [1.807, 2.05) is 29.6 Å². The summed E-state index contributed by atoms with van der Waals surface area (Å²) >= 11 is 1.49. The molecule has 3 aromatic heterocycles. The molecule has 0 bridgehead atoms. The van der Waals surface area contributed by atoms with Crippen LogP contribution in [0.15, 0.2) is 51.2 Å². The van der Waals surface area contributed by atoms with Crippen molar-refractivity contribution in [2.75, 3.05) is 0 Å². The normalized spacial score (nSPS) is 18.4. The molecule has 35 heavy (non-hydrogen) atoms. The van der Waals surface area contributed by atoms with Gasteiger partial charge in [0.1, 0.15) is 6.61 Å². The zero-order valence-corrected chi connectivity index (χ0v) is 19.5. The molecule has 1 N–H and O–H groups in total. The van der Waals surface area contributed by atoms with Gasteiger partial charge in [0.05, 0.1) is 46.4 Å². The van der Waals surface area contributed by atoms with Crippen LogP contribution in [0.2, 0.25) is 0 Å². The number of benzene rings is 1. The number of hydrogen-bond acceptors (Lipinski definition) is 9. The van der Waals surface area contributed by atoms with Gasteiger partial charge in [-0.25, -0.2) is 14.8 Å². The largest absolute Gasteiger partial charge is 0.458 e. The molecule has 0 spiro atoms. The highest BCUT2D eigenvalue weighted by Gasteiger charge is 2.45. The number of fused-ring (bicyclic) bond motifs is 5. The molecule has 0 fully saturated rings. The van der Waals surface area contributed by atoms with E-state index in [4.69, 9.17) is 14.6 Å². The number of cyclic esters (lactones) is 1. The molecule has 0 radical (unpaired) electrons. The van der Waals surface area contributed by atoms with Gasteiger partial charge >= 0.3 is 5.97 Å². The number of esters is 1. The van der Waals surface area contributed by atoms with Crippen LogP contribution in [0.5, 0.6) is 0 Å². The Morgan fingerprint density at radius 3 is 2.97 bits per heavy atom. The van der Waals surface area contributed by atoms with Gasteiger partial charge in [0.2, 0.25) is 0 Å². The van der Waals surface area contributed by atoms with Crippen molar-refractivity contribution in [1.29, 1.82) is 0 Å². The molecule has 0 unspecified atom stereocenters. The first-order chi connectivity index (χ1) is 17.0. The number of oxime groups is 1. The highest BCUT2D eigenvalue weighted by atomic mass is 32.1. The number of ether oxygens (including phenoxy) is 1. The summed E-state index contributed by atoms with van der Waals surface area (Å²) in [5, 5.41) is 18.0. The summed E-state index contributed by atoms with van der Waals surface area (Å²) < 4.78 is 6.76. The summed E-state index contributed by atoms with van der Waals surface area (Å²) in [6, 6.07) is 9.35. The van der Waals surface area contributed by atoms with Gasteiger partial charge in [-0.1, -0.05) is 30.3 Å². The molecule has 176 valence electrons. The maximum atomic E-state index is 13.4. The van der Waals surface area contributed by atoms with Gasteiger partial charge in [0, 0.05) is 27.5 Å². The third-order valence-electron chi connectivity index (χ3n) is 6.59. The minimum atomic E-state index is -1.87. The predicted molar refractivity (Wildman–Crippen MR) is 129 cm³/mol. The first-order valence-corrected chi connectivity index (χ1v) is 12.1. The summed E-state index contributed by atoms with van der Waals surface area (Å²) in [7, 11) is 0. The van der Waals surface area contributed by atoms with E-state index in [1.54, 1.807) is 29.3 Å². The molecule has 10 heteroatoms. The number of carbonyl (C=O) groups excluding carboxylic acids is 1. The average molecular weight is 489 g/mol. The molecule has 0 amide bonds. The molecule has 2 aliphatic rings. The van der Waals surface area contributed by atoms with Gasteiger partial charge in [-0.2, -0.15) is 0 Å². The van der Waals surface area contributed by atoms with Crippen LogP contribution in [-0.2, 0) is 39.7 Å². The SMILES string of the molecule is CC[C@@]1(O)C(=O)OCc2c1cc1n(c2=O)Cc2c-1nc1ccccc1c2C=NOCc1cscn1. The number of aliphatic hydroxyl groups is 1. The summed E-state index contributed by atoms with van der Waals surface area (Å²) in [5.41, 5.74) is 4.44. The van der Waals surface area contributed by atoms with E-state index in [0.717, 1.165) is 27.7 Å². The van der Waals surface area contributed by atoms with Crippen molar-refractivity contribution >= 4 is 34.4 Å². The molecular weight excluding hydrogens is 468 g/mol. The van der Waals surface area contributed by atoms with Crippen molar-refractivity contribution < 1.29 is 19.5 Å². The van der Waals surface area contributed by atoms with Gasteiger partial charge in [0.25, 0.3) is 5.56 Å². The minimum absolute atomic E-state index is 0.0912. The first-order valence-electron chi connectivity index (χ1n) is 11.1. The second-order valence-electron chi connectivity index (χ2n) is 8.46. The fourth-order valence-electron chi connectivity index (χ4n) is 4.71. The van der Waals surface area contributed by atoms with Gasteiger partial charge < -0.3 is 19.2 Å². The van der Waals surface area contributed by atoms with E-state index in [2.05, 4.69) is 10.1 Å². The Hall–Kier alpha value is -3.89. The second-order valence-corrected chi connectivity index (χ2v) is 9.18. The van der Waals surface area contributed by atoms with Gasteiger partial charge in [-0.05, 0) is 18.6 Å². The molecule has 0 saturated heterocycles. The molecule has 1 atom stereocenters. The minimum Gasteiger partial charge on any atom is -0.458 e. The summed E-state index contributed by atoms with van der Waals surface area (Å²) in [6.07, 6.45) is 1.73. The zero-order chi connectivity index (χ0) is 24.2. The molecule has 0 aliphatic carbocycles. The highest BCUT2D eigenvalue weighted by molar-refractivity contribution is 7.07. The molecule has 6 rings (SSSR count). The lowest BCUT2D eigenvalue weighted by Crippen LogP contribution is -2.44. The Morgan fingerprint density at radius 1 is 1.31 bits per heavy atom. The number of hydrogen-bond donors (Lipinski definition) is 1. The maximum Gasteiger partial charge on any atom is 0.343 e. The van der Waals surface area contributed by atoms with E-state index in [0.29, 0.717) is 11.4 Å². The van der Waals surface area contributed by atoms with E-state index < -0.39 is 11.6 Å². The van der Waals surface area contributed by atoms with Gasteiger partial charge in [-0.3, -0.25) is 4.79 Å². The lowest BCUT2D eigenvalue weighted by atomic mass is 9.86. The monoisotopic (exact) mass is 488 g/mol. The number of nitrogens with zero attached hydrogens (tertiary/aromatic N) is 4. The van der Waals surface area contributed by atoms with Crippen LogP contribution in [-0.4, -0.2) is 31.8 Å². The van der Waals surface area contributed by atoms with Crippen LogP contribution in [0.1, 0.15) is 41.3 Å². The topological polar surface area (TPSA) is 116 Å². The number of thiazole rings is 1. The molecule has 2 aliphatic heterocycles. The van der Waals surface area contributed by atoms with Crippen LogP contribution in [0.25, 0.3) is 22.3 Å². The predicted octanol–water partition coefficient (Wildman–Crippen LogP) is 3.09. The van der Waals surface area contributed by atoms with Crippen LogP contribution >= 0.6 is 11.3 Å². The molecule has 1 aromatic carbocycles. The van der Waals surface area contributed by atoms with Crippen molar-refractivity contribution in [2.45, 2.75) is 38.7 Å². The lowest BCUT2D eigenvalue weighted by molar-refractivity contribution is -0.172. The summed E-state index contributed by atoms with van der Waals surface area (Å²) in [6.45, 7) is 2.04. The Morgan fingerprint density at radius 2 is 2.17 bits per heavy atom. The lowest BCUT2D eigenvalue weighted by Gasteiger charge is -2.31. The van der Waals surface area contributed by atoms with Crippen LogP contribution < -0.4 is 5.56 Å².